The molecule has 1 amide bonds. The number of anilines is 1. The van der Waals surface area contributed by atoms with Crippen LogP contribution in [0.1, 0.15) is 11.1 Å². The largest absolute Gasteiger partial charge is 0.325 e. The van der Waals surface area contributed by atoms with Crippen LogP contribution in [0, 0.1) is 13.8 Å². The van der Waals surface area contributed by atoms with E-state index >= 15 is 0 Å². The summed E-state index contributed by atoms with van der Waals surface area (Å²) in [6.45, 7) is 8.40. The highest BCUT2D eigenvalue weighted by Crippen LogP contribution is 2.27. The second-order valence-electron chi connectivity index (χ2n) is 6.39. The molecule has 0 saturated carbocycles. The standard InChI is InChI=1S/C21H20Br2N4OS/c1-4-11-27-20(15-5-7-16(22)8-6-15)25-26-21(27)29-12-19(28)24-18-10-9-17(23)13(2)14(18)3/h4-10H,1,11-12H2,2-3H3,(H,24,28). The van der Waals surface area contributed by atoms with Crippen LogP contribution in [0.3, 0.4) is 0 Å². The van der Waals surface area contributed by atoms with Gasteiger partial charge in [0.2, 0.25) is 5.91 Å². The molecule has 0 bridgehead atoms. The molecule has 2 aromatic carbocycles. The highest BCUT2D eigenvalue weighted by Gasteiger charge is 2.15. The maximum absolute atomic E-state index is 12.5. The summed E-state index contributed by atoms with van der Waals surface area (Å²) in [6, 6.07) is 11.7. The maximum Gasteiger partial charge on any atom is 0.234 e. The Bertz CT molecular complexity index is 1050. The quantitative estimate of drug-likeness (QED) is 0.297. The summed E-state index contributed by atoms with van der Waals surface area (Å²) < 4.78 is 3.99. The second kappa shape index (κ2) is 9.73. The van der Waals surface area contributed by atoms with Crippen LogP contribution >= 0.6 is 43.6 Å². The number of thioether (sulfide) groups is 1. The number of amides is 1. The highest BCUT2D eigenvalue weighted by molar-refractivity contribution is 9.10. The van der Waals surface area contributed by atoms with Crippen molar-refractivity contribution in [3.05, 3.63) is 69.1 Å². The third-order valence-corrected chi connectivity index (χ3v) is 6.81. The van der Waals surface area contributed by atoms with E-state index in [1.165, 1.54) is 11.8 Å². The molecule has 1 aromatic heterocycles. The molecule has 29 heavy (non-hydrogen) atoms. The van der Waals surface area contributed by atoms with Crippen LogP contribution in [-0.2, 0) is 11.3 Å². The minimum absolute atomic E-state index is 0.0850. The first-order valence-electron chi connectivity index (χ1n) is 8.89. The average molecular weight is 536 g/mol. The summed E-state index contributed by atoms with van der Waals surface area (Å²) in [7, 11) is 0. The molecular weight excluding hydrogens is 516 g/mol. The molecule has 0 spiro atoms. The molecule has 8 heteroatoms. The van der Waals surface area contributed by atoms with Crippen LogP contribution in [0.15, 0.2) is 63.2 Å². The van der Waals surface area contributed by atoms with Gasteiger partial charge in [0.1, 0.15) is 0 Å². The average Bonchev–Trinajstić information content (AvgIpc) is 3.10. The Labute approximate surface area is 191 Å². The normalized spacial score (nSPS) is 10.8. The number of halogens is 2. The lowest BCUT2D eigenvalue weighted by molar-refractivity contribution is -0.113. The Kier molecular flexibility index (Phi) is 7.32. The fourth-order valence-corrected chi connectivity index (χ4v) is 4.18. The SMILES string of the molecule is C=CCn1c(SCC(=O)Nc2ccc(Br)c(C)c2C)nnc1-c1ccc(Br)cc1. The van der Waals surface area contributed by atoms with Crippen LogP contribution in [0.5, 0.6) is 0 Å². The van der Waals surface area contributed by atoms with Crippen LogP contribution in [0.4, 0.5) is 5.69 Å². The van der Waals surface area contributed by atoms with Crippen LogP contribution in [0.25, 0.3) is 11.4 Å². The van der Waals surface area contributed by atoms with Crippen LogP contribution < -0.4 is 5.32 Å². The minimum Gasteiger partial charge on any atom is -0.325 e. The number of benzene rings is 2. The number of nitrogens with zero attached hydrogens (tertiary/aromatic N) is 3. The fourth-order valence-electron chi connectivity index (χ4n) is 2.74. The minimum atomic E-state index is -0.0850. The predicted molar refractivity (Wildman–Crippen MR) is 126 cm³/mol. The van der Waals surface area contributed by atoms with Gasteiger partial charge in [0.25, 0.3) is 0 Å². The molecule has 150 valence electrons. The molecule has 0 aliphatic heterocycles. The van der Waals surface area contributed by atoms with Gasteiger partial charge in [-0.25, -0.2) is 0 Å². The van der Waals surface area contributed by atoms with Gasteiger partial charge in [-0.15, -0.1) is 16.8 Å². The van der Waals surface area contributed by atoms with Gasteiger partial charge in [0, 0.05) is 26.7 Å². The summed E-state index contributed by atoms with van der Waals surface area (Å²) in [5, 5.41) is 12.3. The molecule has 1 heterocycles. The van der Waals surface area contributed by atoms with Gasteiger partial charge in [-0.2, -0.15) is 0 Å². The van der Waals surface area contributed by atoms with Gasteiger partial charge in [-0.1, -0.05) is 61.8 Å². The van der Waals surface area contributed by atoms with E-state index in [1.807, 2.05) is 54.8 Å². The smallest absolute Gasteiger partial charge is 0.234 e. The zero-order valence-corrected chi connectivity index (χ0v) is 20.1. The summed E-state index contributed by atoms with van der Waals surface area (Å²) in [6.07, 6.45) is 1.80. The van der Waals surface area contributed by atoms with Gasteiger partial charge in [0.15, 0.2) is 11.0 Å². The molecule has 0 aliphatic rings. The van der Waals surface area contributed by atoms with E-state index in [-0.39, 0.29) is 11.7 Å². The molecule has 0 unspecified atom stereocenters. The van der Waals surface area contributed by atoms with Gasteiger partial charge in [-0.3, -0.25) is 9.36 Å². The zero-order valence-electron chi connectivity index (χ0n) is 16.1. The molecule has 0 fully saturated rings. The fraction of sp³-hybridized carbons (Fsp3) is 0.190. The molecule has 5 nitrogen and oxygen atoms in total. The second-order valence-corrected chi connectivity index (χ2v) is 9.11. The molecule has 0 aliphatic carbocycles. The van der Waals surface area contributed by atoms with Crippen molar-refractivity contribution in [3.63, 3.8) is 0 Å². The van der Waals surface area contributed by atoms with Gasteiger partial charge in [0.05, 0.1) is 5.75 Å². The zero-order chi connectivity index (χ0) is 21.0. The number of allylic oxidation sites excluding steroid dienone is 1. The first-order valence-corrected chi connectivity index (χ1v) is 11.5. The Morgan fingerprint density at radius 3 is 2.55 bits per heavy atom. The number of hydrogen-bond acceptors (Lipinski definition) is 4. The number of carbonyl (C=O) groups is 1. The molecule has 0 atom stereocenters. The Morgan fingerprint density at radius 1 is 1.14 bits per heavy atom. The van der Waals surface area contributed by atoms with Crippen LogP contribution in [-0.4, -0.2) is 26.4 Å². The van der Waals surface area contributed by atoms with Gasteiger partial charge >= 0.3 is 0 Å². The number of nitrogens with one attached hydrogen (secondary N) is 1. The topological polar surface area (TPSA) is 59.8 Å². The highest BCUT2D eigenvalue weighted by atomic mass is 79.9. The van der Waals surface area contributed by atoms with Gasteiger partial charge < -0.3 is 5.32 Å². The first-order chi connectivity index (χ1) is 13.9. The summed E-state index contributed by atoms with van der Waals surface area (Å²) in [4.78, 5) is 12.5. The van der Waals surface area contributed by atoms with E-state index in [0.717, 1.165) is 37.1 Å². The third-order valence-electron chi connectivity index (χ3n) is 4.46. The molecule has 0 saturated heterocycles. The molecular formula is C21H20Br2N4OS. The lowest BCUT2D eigenvalue weighted by atomic mass is 10.1. The Hall–Kier alpha value is -1.90. The van der Waals surface area contributed by atoms with E-state index in [0.29, 0.717) is 11.7 Å². The third kappa shape index (κ3) is 5.18. The number of hydrogen-bond donors (Lipinski definition) is 1. The lowest BCUT2D eigenvalue weighted by Gasteiger charge is -2.12. The van der Waals surface area contributed by atoms with E-state index in [2.05, 4.69) is 54.0 Å². The van der Waals surface area contributed by atoms with Crippen molar-refractivity contribution in [1.29, 1.82) is 0 Å². The predicted octanol–water partition coefficient (Wildman–Crippen LogP) is 6.00. The molecule has 3 rings (SSSR count). The van der Waals surface area contributed by atoms with Crippen LogP contribution in [0.2, 0.25) is 0 Å². The monoisotopic (exact) mass is 534 g/mol. The van der Waals surface area contributed by atoms with E-state index in [1.54, 1.807) is 6.08 Å². The van der Waals surface area contributed by atoms with Crippen molar-refractivity contribution in [2.45, 2.75) is 25.5 Å². The van der Waals surface area contributed by atoms with Crippen molar-refractivity contribution < 1.29 is 4.79 Å². The number of aromatic nitrogens is 3. The van der Waals surface area contributed by atoms with E-state index in [9.17, 15) is 4.79 Å². The molecule has 1 N–H and O–H groups in total. The number of carbonyl (C=O) groups excluding carboxylic acids is 1. The summed E-state index contributed by atoms with van der Waals surface area (Å²) in [5.74, 6) is 0.905. The van der Waals surface area contributed by atoms with E-state index in [4.69, 9.17) is 0 Å². The van der Waals surface area contributed by atoms with Crippen molar-refractivity contribution >= 4 is 55.2 Å². The first kappa shape index (κ1) is 21.8. The van der Waals surface area contributed by atoms with Crippen molar-refractivity contribution in [1.82, 2.24) is 14.8 Å². The van der Waals surface area contributed by atoms with Crippen molar-refractivity contribution in [2.24, 2.45) is 0 Å². The van der Waals surface area contributed by atoms with Crippen molar-refractivity contribution in [3.8, 4) is 11.4 Å². The van der Waals surface area contributed by atoms with Crippen molar-refractivity contribution in [2.75, 3.05) is 11.1 Å². The van der Waals surface area contributed by atoms with Gasteiger partial charge in [-0.05, 0) is 49.2 Å². The Morgan fingerprint density at radius 2 is 1.86 bits per heavy atom. The lowest BCUT2D eigenvalue weighted by Crippen LogP contribution is -2.15. The van der Waals surface area contributed by atoms with E-state index < -0.39 is 0 Å². The maximum atomic E-state index is 12.5. The molecule has 3 aromatic rings. The summed E-state index contributed by atoms with van der Waals surface area (Å²) >= 11 is 8.31. The molecule has 0 radical (unpaired) electrons. The number of rotatable bonds is 7. The summed E-state index contributed by atoms with van der Waals surface area (Å²) in [5.41, 5.74) is 3.93. The Balaban J connectivity index is 1.73.